The summed E-state index contributed by atoms with van der Waals surface area (Å²) >= 11 is 20.2. The van der Waals surface area contributed by atoms with Crippen LogP contribution in [0.1, 0.15) is 25.7 Å². The fraction of sp³-hybridized carbons (Fsp3) is 0.438. The molecular formula is C16H17Cl2N3OS3. The topological polar surface area (TPSA) is 38.1 Å². The third-order valence-electron chi connectivity index (χ3n) is 3.95. The summed E-state index contributed by atoms with van der Waals surface area (Å²) in [6.45, 7) is 1.74. The van der Waals surface area contributed by atoms with Gasteiger partial charge in [0.15, 0.2) is 8.29 Å². The van der Waals surface area contributed by atoms with Gasteiger partial charge in [0, 0.05) is 13.1 Å². The normalized spacial score (nSPS) is 15.2. The summed E-state index contributed by atoms with van der Waals surface area (Å²) in [5.74, 6) is 0.568. The Hall–Kier alpha value is -0.600. The van der Waals surface area contributed by atoms with Crippen LogP contribution >= 0.6 is 58.5 Å². The second kappa shape index (κ2) is 8.86. The number of rotatable bonds is 4. The van der Waals surface area contributed by atoms with Gasteiger partial charge in [-0.2, -0.15) is 0 Å². The van der Waals surface area contributed by atoms with E-state index >= 15 is 0 Å². The number of halogens is 2. The molecular weight excluding hydrogens is 417 g/mol. The van der Waals surface area contributed by atoms with Crippen LogP contribution in [-0.2, 0) is 4.79 Å². The molecule has 1 fully saturated rings. The molecule has 0 spiro atoms. The minimum absolute atomic E-state index is 0.175. The zero-order valence-electron chi connectivity index (χ0n) is 13.4. The number of carbonyl (C=O) groups excluding carboxylic acids is 1. The van der Waals surface area contributed by atoms with Crippen molar-refractivity contribution in [2.75, 3.05) is 18.8 Å². The van der Waals surface area contributed by atoms with Crippen LogP contribution in [0.5, 0.6) is 0 Å². The highest BCUT2D eigenvalue weighted by Gasteiger charge is 2.17. The summed E-state index contributed by atoms with van der Waals surface area (Å²) in [5.41, 5.74) is 0.765. The lowest BCUT2D eigenvalue weighted by molar-refractivity contribution is -0.128. The summed E-state index contributed by atoms with van der Waals surface area (Å²) in [6.07, 6.45) is 4.63. The van der Waals surface area contributed by atoms with Crippen LogP contribution in [0.3, 0.4) is 0 Å². The molecule has 1 aliphatic rings. The van der Waals surface area contributed by atoms with E-state index in [-0.39, 0.29) is 5.91 Å². The third kappa shape index (κ3) is 4.98. The largest absolute Gasteiger partial charge is 0.342 e. The number of hydrogen-bond acceptors (Lipinski definition) is 5. The van der Waals surface area contributed by atoms with Crippen molar-refractivity contribution in [3.05, 3.63) is 32.2 Å². The van der Waals surface area contributed by atoms with E-state index in [9.17, 15) is 4.79 Å². The van der Waals surface area contributed by atoms with E-state index in [1.54, 1.807) is 16.8 Å². The molecule has 9 heteroatoms. The van der Waals surface area contributed by atoms with Crippen molar-refractivity contribution in [2.45, 2.75) is 30.0 Å². The van der Waals surface area contributed by atoms with Crippen molar-refractivity contribution in [3.8, 4) is 5.69 Å². The van der Waals surface area contributed by atoms with Gasteiger partial charge in [0.25, 0.3) is 0 Å². The standard InChI is InChI=1S/C16H17Cl2N3OS3/c17-12-6-5-11(9-13(12)18)21-16(23)25-15(19-21)24-10-14(22)20-7-3-1-2-4-8-20/h5-6,9H,1-4,7-8,10H2. The number of carbonyl (C=O) groups is 1. The summed E-state index contributed by atoms with van der Waals surface area (Å²) < 4.78 is 3.04. The Morgan fingerprint density at radius 2 is 1.92 bits per heavy atom. The lowest BCUT2D eigenvalue weighted by Crippen LogP contribution is -2.33. The fourth-order valence-electron chi connectivity index (χ4n) is 2.63. The van der Waals surface area contributed by atoms with E-state index in [0.717, 1.165) is 36.0 Å². The summed E-state index contributed by atoms with van der Waals surface area (Å²) in [4.78, 5) is 14.4. The minimum atomic E-state index is 0.175. The monoisotopic (exact) mass is 433 g/mol. The van der Waals surface area contributed by atoms with Crippen LogP contribution in [0.15, 0.2) is 22.5 Å². The average Bonchev–Trinajstić information content (AvgIpc) is 2.80. The van der Waals surface area contributed by atoms with Gasteiger partial charge >= 0.3 is 0 Å². The Morgan fingerprint density at radius 3 is 2.60 bits per heavy atom. The first-order valence-corrected chi connectivity index (χ1v) is 11.0. The Morgan fingerprint density at radius 1 is 1.20 bits per heavy atom. The van der Waals surface area contributed by atoms with Gasteiger partial charge in [-0.15, -0.1) is 5.10 Å². The van der Waals surface area contributed by atoms with Crippen LogP contribution in [0.4, 0.5) is 0 Å². The second-order valence-electron chi connectivity index (χ2n) is 5.73. The molecule has 1 amide bonds. The van der Waals surface area contributed by atoms with E-state index in [1.165, 1.54) is 35.9 Å². The van der Waals surface area contributed by atoms with Crippen LogP contribution in [0.2, 0.25) is 10.0 Å². The van der Waals surface area contributed by atoms with Crippen molar-refractivity contribution in [1.82, 2.24) is 14.7 Å². The van der Waals surface area contributed by atoms with Gasteiger partial charge in [0.1, 0.15) is 0 Å². The highest BCUT2D eigenvalue weighted by atomic mass is 35.5. The first-order chi connectivity index (χ1) is 12.0. The number of thioether (sulfide) groups is 1. The predicted octanol–water partition coefficient (Wildman–Crippen LogP) is 5.46. The van der Waals surface area contributed by atoms with Gasteiger partial charge < -0.3 is 4.90 Å². The SMILES string of the molecule is O=C(CSc1nn(-c2ccc(Cl)c(Cl)c2)c(=S)s1)N1CCCCCC1. The first-order valence-electron chi connectivity index (χ1n) is 8.01. The van der Waals surface area contributed by atoms with E-state index in [4.69, 9.17) is 35.4 Å². The van der Waals surface area contributed by atoms with Crippen molar-refractivity contribution in [3.63, 3.8) is 0 Å². The highest BCUT2D eigenvalue weighted by molar-refractivity contribution is 8.01. The van der Waals surface area contributed by atoms with Gasteiger partial charge in [-0.05, 0) is 43.3 Å². The molecule has 134 valence electrons. The average molecular weight is 434 g/mol. The van der Waals surface area contributed by atoms with Crippen LogP contribution in [-0.4, -0.2) is 39.4 Å². The van der Waals surface area contributed by atoms with Gasteiger partial charge in [-0.25, -0.2) is 4.68 Å². The molecule has 0 aliphatic carbocycles. The van der Waals surface area contributed by atoms with Gasteiger partial charge in [-0.1, -0.05) is 59.1 Å². The molecule has 2 aromatic rings. The summed E-state index contributed by atoms with van der Waals surface area (Å²) in [5, 5.41) is 5.46. The van der Waals surface area contributed by atoms with Crippen LogP contribution in [0.25, 0.3) is 5.69 Å². The molecule has 0 bridgehead atoms. The maximum absolute atomic E-state index is 12.4. The van der Waals surface area contributed by atoms with E-state index in [2.05, 4.69) is 5.10 Å². The Balaban J connectivity index is 1.67. The third-order valence-corrected chi connectivity index (χ3v) is 7.04. The molecule has 0 unspecified atom stereocenters. The molecule has 0 N–H and O–H groups in total. The molecule has 25 heavy (non-hydrogen) atoms. The number of hydrogen-bond donors (Lipinski definition) is 0. The molecule has 1 aromatic heterocycles. The minimum Gasteiger partial charge on any atom is -0.342 e. The fourth-order valence-corrected chi connectivity index (χ4v) is 5.19. The number of amides is 1. The second-order valence-corrected chi connectivity index (χ2v) is 9.39. The van der Waals surface area contributed by atoms with Crippen molar-refractivity contribution in [1.29, 1.82) is 0 Å². The lowest BCUT2D eigenvalue weighted by Gasteiger charge is -2.19. The number of likely N-dealkylation sites (tertiary alicyclic amines) is 1. The lowest BCUT2D eigenvalue weighted by atomic mass is 10.2. The Kier molecular flexibility index (Phi) is 6.79. The summed E-state index contributed by atoms with van der Waals surface area (Å²) in [7, 11) is 0. The Labute approximate surface area is 170 Å². The van der Waals surface area contributed by atoms with Crippen molar-refractivity contribution in [2.24, 2.45) is 0 Å². The highest BCUT2D eigenvalue weighted by Crippen LogP contribution is 2.28. The molecule has 3 rings (SSSR count). The maximum Gasteiger partial charge on any atom is 0.233 e. The zero-order valence-corrected chi connectivity index (χ0v) is 17.4. The molecule has 4 nitrogen and oxygen atoms in total. The number of benzene rings is 1. The quantitative estimate of drug-likeness (QED) is 0.473. The van der Waals surface area contributed by atoms with Crippen LogP contribution < -0.4 is 0 Å². The number of nitrogens with zero attached hydrogens (tertiary/aromatic N) is 3. The Bertz CT molecular complexity index is 813. The first kappa shape index (κ1) is 19.2. The van der Waals surface area contributed by atoms with Gasteiger partial charge in [0.2, 0.25) is 5.91 Å². The summed E-state index contributed by atoms with van der Waals surface area (Å²) in [6, 6.07) is 5.27. The molecule has 0 atom stereocenters. The van der Waals surface area contributed by atoms with E-state index < -0.39 is 0 Å². The molecule has 0 radical (unpaired) electrons. The molecule has 1 saturated heterocycles. The molecule has 1 aromatic carbocycles. The van der Waals surface area contributed by atoms with Gasteiger partial charge in [0.05, 0.1) is 21.5 Å². The van der Waals surface area contributed by atoms with Gasteiger partial charge in [-0.3, -0.25) is 4.79 Å². The maximum atomic E-state index is 12.4. The van der Waals surface area contributed by atoms with E-state index in [1.807, 2.05) is 11.0 Å². The molecule has 2 heterocycles. The molecule has 1 aliphatic heterocycles. The number of aromatic nitrogens is 2. The van der Waals surface area contributed by atoms with Crippen molar-refractivity contribution >= 4 is 64.4 Å². The predicted molar refractivity (Wildman–Crippen MR) is 108 cm³/mol. The van der Waals surface area contributed by atoms with Crippen molar-refractivity contribution < 1.29 is 4.79 Å². The smallest absolute Gasteiger partial charge is 0.233 e. The van der Waals surface area contributed by atoms with Crippen LogP contribution in [0, 0.1) is 3.95 Å². The molecule has 0 saturated carbocycles. The zero-order chi connectivity index (χ0) is 17.8. The van der Waals surface area contributed by atoms with E-state index in [0.29, 0.717) is 19.8 Å².